The van der Waals surface area contributed by atoms with Crippen LogP contribution in [0.3, 0.4) is 0 Å². The number of carboxylic acids is 1. The first-order valence-electron chi connectivity index (χ1n) is 4.86. The van der Waals surface area contributed by atoms with Gasteiger partial charge in [0.15, 0.2) is 6.61 Å². The molecule has 1 amide bonds. The van der Waals surface area contributed by atoms with Crippen molar-refractivity contribution in [2.75, 3.05) is 6.61 Å². The maximum Gasteiger partial charge on any atom is 0.422 e. The molecule has 0 aromatic rings. The van der Waals surface area contributed by atoms with Crippen LogP contribution in [0.5, 0.6) is 0 Å². The summed E-state index contributed by atoms with van der Waals surface area (Å²) in [7, 11) is 0. The number of hydrogen-bond acceptors (Lipinski definition) is 3. The largest absolute Gasteiger partial charge is 0.480 e. The van der Waals surface area contributed by atoms with Gasteiger partial charge in [-0.2, -0.15) is 13.2 Å². The van der Waals surface area contributed by atoms with Crippen LogP contribution in [0.25, 0.3) is 0 Å². The standard InChI is InChI=1S/C9H14F3NO4/c1-3-4-8(2,6(14)15)13-7(16)17-5-9(10,11)12/h3-5H2,1-2H3,(H,13,16)(H,14,15). The molecule has 100 valence electrons. The summed E-state index contributed by atoms with van der Waals surface area (Å²) < 4.78 is 39.1. The van der Waals surface area contributed by atoms with Crippen LogP contribution in [0.2, 0.25) is 0 Å². The summed E-state index contributed by atoms with van der Waals surface area (Å²) in [6, 6.07) is 0. The summed E-state index contributed by atoms with van der Waals surface area (Å²) in [5, 5.41) is 10.8. The number of hydrogen-bond donors (Lipinski definition) is 2. The molecule has 0 fully saturated rings. The molecule has 17 heavy (non-hydrogen) atoms. The van der Waals surface area contributed by atoms with Crippen molar-refractivity contribution in [3.8, 4) is 0 Å². The molecule has 0 radical (unpaired) electrons. The highest BCUT2D eigenvalue weighted by atomic mass is 19.4. The highest BCUT2D eigenvalue weighted by molar-refractivity contribution is 5.83. The SMILES string of the molecule is CCCC(C)(NC(=O)OCC(F)(F)F)C(=O)O. The first-order valence-corrected chi connectivity index (χ1v) is 4.86. The van der Waals surface area contributed by atoms with E-state index in [2.05, 4.69) is 4.74 Å². The van der Waals surface area contributed by atoms with E-state index < -0.39 is 30.4 Å². The Morgan fingerprint density at radius 1 is 1.35 bits per heavy atom. The van der Waals surface area contributed by atoms with Crippen LogP contribution in [0, 0.1) is 0 Å². The van der Waals surface area contributed by atoms with E-state index in [1.54, 1.807) is 6.92 Å². The normalized spacial score (nSPS) is 14.9. The van der Waals surface area contributed by atoms with E-state index in [0.717, 1.165) is 0 Å². The lowest BCUT2D eigenvalue weighted by molar-refractivity contribution is -0.161. The monoisotopic (exact) mass is 257 g/mol. The van der Waals surface area contributed by atoms with E-state index in [9.17, 15) is 22.8 Å². The molecule has 0 rings (SSSR count). The highest BCUT2D eigenvalue weighted by Crippen LogP contribution is 2.16. The van der Waals surface area contributed by atoms with Crippen LogP contribution in [0.4, 0.5) is 18.0 Å². The molecule has 0 aromatic carbocycles. The van der Waals surface area contributed by atoms with Crippen molar-refractivity contribution >= 4 is 12.1 Å². The molecule has 0 bridgehead atoms. The van der Waals surface area contributed by atoms with Gasteiger partial charge in [-0.25, -0.2) is 9.59 Å². The minimum absolute atomic E-state index is 0.0868. The number of halogens is 3. The lowest BCUT2D eigenvalue weighted by Gasteiger charge is -2.25. The van der Waals surface area contributed by atoms with Crippen molar-refractivity contribution < 1.29 is 32.6 Å². The molecule has 2 N–H and O–H groups in total. The Balaban J connectivity index is 4.38. The van der Waals surface area contributed by atoms with Crippen LogP contribution in [0.1, 0.15) is 26.7 Å². The minimum atomic E-state index is -4.64. The van der Waals surface area contributed by atoms with E-state index in [1.807, 2.05) is 5.32 Å². The summed E-state index contributed by atoms with van der Waals surface area (Å²) in [5.41, 5.74) is -1.63. The quantitative estimate of drug-likeness (QED) is 0.788. The molecule has 0 saturated carbocycles. The molecule has 0 spiro atoms. The van der Waals surface area contributed by atoms with Crippen molar-refractivity contribution in [1.82, 2.24) is 5.32 Å². The number of amides is 1. The fourth-order valence-electron chi connectivity index (χ4n) is 1.13. The first-order chi connectivity index (χ1) is 7.60. The molecule has 0 saturated heterocycles. The average Bonchev–Trinajstić information content (AvgIpc) is 2.13. The molecule has 1 unspecified atom stereocenters. The molecule has 0 aromatic heterocycles. The second-order valence-corrected chi connectivity index (χ2v) is 3.70. The van der Waals surface area contributed by atoms with Gasteiger partial charge in [0.1, 0.15) is 5.54 Å². The fourth-order valence-corrected chi connectivity index (χ4v) is 1.13. The smallest absolute Gasteiger partial charge is 0.422 e. The number of nitrogens with one attached hydrogen (secondary N) is 1. The molecular weight excluding hydrogens is 243 g/mol. The van der Waals surface area contributed by atoms with E-state index in [0.29, 0.717) is 6.42 Å². The van der Waals surface area contributed by atoms with Gasteiger partial charge in [0.25, 0.3) is 0 Å². The predicted molar refractivity (Wildman–Crippen MR) is 51.5 cm³/mol. The zero-order chi connectivity index (χ0) is 13.7. The molecule has 0 aliphatic heterocycles. The van der Waals surface area contributed by atoms with Gasteiger partial charge in [-0.1, -0.05) is 13.3 Å². The molecule has 0 aliphatic rings. The number of aliphatic carboxylic acids is 1. The van der Waals surface area contributed by atoms with Gasteiger partial charge in [0, 0.05) is 0 Å². The van der Waals surface area contributed by atoms with Crippen molar-refractivity contribution in [1.29, 1.82) is 0 Å². The second-order valence-electron chi connectivity index (χ2n) is 3.70. The van der Waals surface area contributed by atoms with Crippen molar-refractivity contribution in [2.45, 2.75) is 38.4 Å². The average molecular weight is 257 g/mol. The Labute approximate surface area is 95.9 Å². The number of carbonyl (C=O) groups excluding carboxylic acids is 1. The lowest BCUT2D eigenvalue weighted by Crippen LogP contribution is -2.52. The number of alkyl halides is 3. The Bertz CT molecular complexity index is 292. The topological polar surface area (TPSA) is 75.6 Å². The van der Waals surface area contributed by atoms with Crippen molar-refractivity contribution in [2.24, 2.45) is 0 Å². The second kappa shape index (κ2) is 5.74. The molecule has 1 atom stereocenters. The molecular formula is C9H14F3NO4. The summed E-state index contributed by atoms with van der Waals surface area (Å²) in [6.07, 6.45) is -5.51. The Kier molecular flexibility index (Phi) is 5.24. The van der Waals surface area contributed by atoms with Gasteiger partial charge < -0.3 is 15.2 Å². The van der Waals surface area contributed by atoms with E-state index >= 15 is 0 Å². The van der Waals surface area contributed by atoms with E-state index in [1.165, 1.54) is 6.92 Å². The third-order valence-corrected chi connectivity index (χ3v) is 1.97. The summed E-state index contributed by atoms with van der Waals surface area (Å²) in [5.74, 6) is -1.33. The summed E-state index contributed by atoms with van der Waals surface area (Å²) >= 11 is 0. The van der Waals surface area contributed by atoms with E-state index in [4.69, 9.17) is 5.11 Å². The fraction of sp³-hybridized carbons (Fsp3) is 0.778. The van der Waals surface area contributed by atoms with Crippen LogP contribution in [0.15, 0.2) is 0 Å². The maximum atomic E-state index is 11.7. The zero-order valence-corrected chi connectivity index (χ0v) is 9.43. The van der Waals surface area contributed by atoms with Crippen molar-refractivity contribution in [3.05, 3.63) is 0 Å². The van der Waals surface area contributed by atoms with E-state index in [-0.39, 0.29) is 6.42 Å². The third-order valence-electron chi connectivity index (χ3n) is 1.97. The zero-order valence-electron chi connectivity index (χ0n) is 9.43. The number of ether oxygens (including phenoxy) is 1. The van der Waals surface area contributed by atoms with Gasteiger partial charge in [0.05, 0.1) is 0 Å². The molecule has 0 heterocycles. The van der Waals surface area contributed by atoms with Gasteiger partial charge >= 0.3 is 18.2 Å². The summed E-state index contributed by atoms with van der Waals surface area (Å²) in [4.78, 5) is 21.8. The van der Waals surface area contributed by atoms with Crippen LogP contribution in [-0.4, -0.2) is 35.5 Å². The van der Waals surface area contributed by atoms with Gasteiger partial charge in [-0.15, -0.1) is 0 Å². The number of alkyl carbamates (subject to hydrolysis) is 1. The van der Waals surface area contributed by atoms with Gasteiger partial charge in [0.2, 0.25) is 0 Å². The van der Waals surface area contributed by atoms with Crippen molar-refractivity contribution in [3.63, 3.8) is 0 Å². The molecule has 0 aliphatic carbocycles. The third kappa shape index (κ3) is 5.98. The molecule has 8 heteroatoms. The first kappa shape index (κ1) is 15.5. The maximum absolute atomic E-state index is 11.7. The Morgan fingerprint density at radius 3 is 2.24 bits per heavy atom. The molecule has 5 nitrogen and oxygen atoms in total. The van der Waals surface area contributed by atoms with Gasteiger partial charge in [-0.05, 0) is 13.3 Å². The Hall–Kier alpha value is -1.47. The van der Waals surface area contributed by atoms with Crippen LogP contribution < -0.4 is 5.32 Å². The van der Waals surface area contributed by atoms with Crippen LogP contribution in [-0.2, 0) is 9.53 Å². The van der Waals surface area contributed by atoms with Crippen LogP contribution >= 0.6 is 0 Å². The lowest BCUT2D eigenvalue weighted by atomic mass is 9.97. The number of rotatable bonds is 5. The predicted octanol–water partition coefficient (Wildman–Crippen LogP) is 1.92. The highest BCUT2D eigenvalue weighted by Gasteiger charge is 2.36. The summed E-state index contributed by atoms with van der Waals surface area (Å²) in [6.45, 7) is 1.14. The number of carbonyl (C=O) groups is 2. The minimum Gasteiger partial charge on any atom is -0.480 e. The number of carboxylic acid groups (broad SMARTS) is 1. The van der Waals surface area contributed by atoms with Gasteiger partial charge in [-0.3, -0.25) is 0 Å². The Morgan fingerprint density at radius 2 is 1.88 bits per heavy atom.